The van der Waals surface area contributed by atoms with Crippen LogP contribution < -0.4 is 5.19 Å². The van der Waals surface area contributed by atoms with E-state index in [0.717, 1.165) is 6.42 Å². The summed E-state index contributed by atoms with van der Waals surface area (Å²) in [6.07, 6.45) is 10.6. The topological polar surface area (TPSA) is 0 Å². The molecule has 3 aromatic carbocycles. The summed E-state index contributed by atoms with van der Waals surface area (Å²) in [6.45, 7) is 7.27. The van der Waals surface area contributed by atoms with Crippen molar-refractivity contribution in [3.63, 3.8) is 0 Å². The summed E-state index contributed by atoms with van der Waals surface area (Å²) in [5.41, 5.74) is 8.74. The fourth-order valence-corrected chi connectivity index (χ4v) is 9.38. The van der Waals surface area contributed by atoms with Crippen molar-refractivity contribution in [2.75, 3.05) is 0 Å². The van der Waals surface area contributed by atoms with Crippen molar-refractivity contribution < 1.29 is 0 Å². The summed E-state index contributed by atoms with van der Waals surface area (Å²) >= 11 is 0. The quantitative estimate of drug-likeness (QED) is 0.292. The summed E-state index contributed by atoms with van der Waals surface area (Å²) < 4.78 is 0. The normalized spacial score (nSPS) is 19.7. The van der Waals surface area contributed by atoms with Gasteiger partial charge in [0, 0.05) is 5.04 Å². The van der Waals surface area contributed by atoms with Gasteiger partial charge in [-0.25, -0.2) is 0 Å². The predicted molar refractivity (Wildman–Crippen MR) is 124 cm³/mol. The van der Waals surface area contributed by atoms with Gasteiger partial charge in [-0.1, -0.05) is 109 Å². The minimum atomic E-state index is -1.94. The van der Waals surface area contributed by atoms with E-state index in [1.165, 1.54) is 27.8 Å². The van der Waals surface area contributed by atoms with E-state index in [1.54, 1.807) is 10.8 Å². The zero-order chi connectivity index (χ0) is 19.4. The number of allylic oxidation sites excluding steroid dienone is 3. The van der Waals surface area contributed by atoms with Crippen molar-refractivity contribution in [3.05, 3.63) is 107 Å². The minimum absolute atomic E-state index is 0.00222. The van der Waals surface area contributed by atoms with Crippen molar-refractivity contribution in [2.45, 2.75) is 31.5 Å². The first-order valence-corrected chi connectivity index (χ1v) is 13.2. The molecule has 1 atom stereocenters. The Morgan fingerprint density at radius 3 is 2.46 bits per heavy atom. The zero-order valence-corrected chi connectivity index (χ0v) is 17.9. The summed E-state index contributed by atoms with van der Waals surface area (Å²) in [5.74, 6) is 0. The fraction of sp³-hybridized carbons (Fsp3) is 0.185. The van der Waals surface area contributed by atoms with E-state index in [0.29, 0.717) is 0 Å². The van der Waals surface area contributed by atoms with E-state index < -0.39 is 8.07 Å². The Morgan fingerprint density at radius 1 is 0.857 bits per heavy atom. The number of hydrogen-bond acceptors (Lipinski definition) is 0. The van der Waals surface area contributed by atoms with E-state index >= 15 is 0 Å². The van der Waals surface area contributed by atoms with Gasteiger partial charge in [-0.15, -0.1) is 0 Å². The molecule has 0 saturated heterocycles. The lowest BCUT2D eigenvalue weighted by molar-refractivity contribution is 0.935. The maximum atomic E-state index is 2.55. The summed E-state index contributed by atoms with van der Waals surface area (Å²) in [5, 5.41) is 1.60. The Kier molecular flexibility index (Phi) is 3.85. The molecule has 0 heterocycles. The van der Waals surface area contributed by atoms with Gasteiger partial charge in [-0.2, -0.15) is 0 Å². The lowest BCUT2D eigenvalue weighted by atomic mass is 9.99. The molecule has 0 spiro atoms. The molecule has 0 bridgehead atoms. The molecule has 2 aliphatic rings. The first kappa shape index (κ1) is 17.5. The Balaban J connectivity index is 1.73. The van der Waals surface area contributed by atoms with Gasteiger partial charge in [-0.3, -0.25) is 0 Å². The molecule has 0 N–H and O–H groups in total. The van der Waals surface area contributed by atoms with Crippen molar-refractivity contribution in [1.82, 2.24) is 0 Å². The van der Waals surface area contributed by atoms with Crippen LogP contribution in [0.1, 0.15) is 29.2 Å². The van der Waals surface area contributed by atoms with Crippen LogP contribution in [0.25, 0.3) is 17.2 Å². The molecule has 138 valence electrons. The van der Waals surface area contributed by atoms with E-state index in [4.69, 9.17) is 0 Å². The highest BCUT2D eigenvalue weighted by Crippen LogP contribution is 2.46. The molecule has 0 saturated carbocycles. The van der Waals surface area contributed by atoms with Gasteiger partial charge >= 0.3 is 0 Å². The number of hydrogen-bond donors (Lipinski definition) is 0. The van der Waals surface area contributed by atoms with Crippen LogP contribution >= 0.6 is 0 Å². The molecule has 0 amide bonds. The van der Waals surface area contributed by atoms with Gasteiger partial charge in [0.15, 0.2) is 0 Å². The van der Waals surface area contributed by atoms with Crippen LogP contribution in [0.4, 0.5) is 0 Å². The lowest BCUT2D eigenvalue weighted by Crippen LogP contribution is -2.58. The van der Waals surface area contributed by atoms with Crippen LogP contribution in [0, 0.1) is 0 Å². The Morgan fingerprint density at radius 2 is 1.61 bits per heavy atom. The third-order valence-electron chi connectivity index (χ3n) is 6.92. The highest BCUT2D eigenvalue weighted by molar-refractivity contribution is 6.93. The predicted octanol–water partition coefficient (Wildman–Crippen LogP) is 6.25. The monoisotopic (exact) mass is 378 g/mol. The molecule has 0 radical (unpaired) electrons. The second kappa shape index (κ2) is 6.18. The summed E-state index contributed by atoms with van der Waals surface area (Å²) in [6, 6.07) is 24.9. The molecule has 28 heavy (non-hydrogen) atoms. The van der Waals surface area contributed by atoms with Crippen molar-refractivity contribution in [3.8, 4) is 11.1 Å². The number of benzene rings is 3. The van der Waals surface area contributed by atoms with Gasteiger partial charge in [0.2, 0.25) is 0 Å². The number of fused-ring (bicyclic) bond motifs is 4. The van der Waals surface area contributed by atoms with Crippen molar-refractivity contribution in [1.29, 1.82) is 0 Å². The van der Waals surface area contributed by atoms with Crippen LogP contribution in [-0.4, -0.2) is 8.07 Å². The van der Waals surface area contributed by atoms with Gasteiger partial charge in [-0.05, 0) is 46.7 Å². The van der Waals surface area contributed by atoms with Crippen molar-refractivity contribution >= 4 is 19.3 Å². The SMILES string of the molecule is C/C=C\C1([Si](C)(C)c2cccc3c2Cc2ccccc2-3)C=Cc2ccccc21. The highest BCUT2D eigenvalue weighted by atomic mass is 28.3. The fourth-order valence-electron chi connectivity index (χ4n) is 5.46. The van der Waals surface area contributed by atoms with Crippen LogP contribution in [-0.2, 0) is 11.5 Å². The molecule has 0 nitrogen and oxygen atoms in total. The van der Waals surface area contributed by atoms with Gasteiger partial charge in [0.1, 0.15) is 8.07 Å². The largest absolute Gasteiger partial charge is 0.101 e. The Labute approximate surface area is 169 Å². The summed E-state index contributed by atoms with van der Waals surface area (Å²) in [7, 11) is -1.94. The molecule has 3 aromatic rings. The maximum absolute atomic E-state index is 2.55. The first-order valence-electron chi connectivity index (χ1n) is 10.2. The maximum Gasteiger partial charge on any atom is 0.101 e. The zero-order valence-electron chi connectivity index (χ0n) is 16.9. The molecular weight excluding hydrogens is 352 g/mol. The molecule has 0 fully saturated rings. The standard InChI is InChI=1S/C27H26Si/c1-4-17-27(18-16-20-10-6-8-14-25(20)27)28(2,3)26-15-9-13-23-22-12-7-5-11-21(22)19-24(23)26/h4-18H,19H2,1-3H3/b17-4-. The average Bonchev–Trinajstić information content (AvgIpc) is 3.28. The molecule has 0 aliphatic heterocycles. The molecule has 2 aliphatic carbocycles. The average molecular weight is 379 g/mol. The second-order valence-corrected chi connectivity index (χ2v) is 13.2. The van der Waals surface area contributed by atoms with Crippen LogP contribution in [0.15, 0.2) is 85.0 Å². The smallest absolute Gasteiger partial charge is 0.0907 e. The Hall–Kier alpha value is -2.64. The highest BCUT2D eigenvalue weighted by Gasteiger charge is 2.49. The van der Waals surface area contributed by atoms with E-state index in [-0.39, 0.29) is 5.04 Å². The third-order valence-corrected chi connectivity index (χ3v) is 11.4. The second-order valence-electron chi connectivity index (χ2n) is 8.58. The van der Waals surface area contributed by atoms with Crippen LogP contribution in [0.2, 0.25) is 13.1 Å². The van der Waals surface area contributed by atoms with Crippen LogP contribution in [0.5, 0.6) is 0 Å². The summed E-state index contributed by atoms with van der Waals surface area (Å²) in [4.78, 5) is 0. The molecule has 0 aromatic heterocycles. The van der Waals surface area contributed by atoms with E-state index in [9.17, 15) is 0 Å². The van der Waals surface area contributed by atoms with E-state index in [1.807, 2.05) is 0 Å². The van der Waals surface area contributed by atoms with Gasteiger partial charge in [0.05, 0.1) is 0 Å². The van der Waals surface area contributed by atoms with E-state index in [2.05, 4.69) is 111 Å². The minimum Gasteiger partial charge on any atom is -0.0907 e. The molecule has 1 heteroatoms. The Bertz CT molecular complexity index is 1130. The third kappa shape index (κ3) is 2.23. The molecule has 5 rings (SSSR count). The first-order chi connectivity index (χ1) is 13.6. The van der Waals surface area contributed by atoms with Crippen LogP contribution in [0.3, 0.4) is 0 Å². The number of rotatable bonds is 3. The van der Waals surface area contributed by atoms with Crippen molar-refractivity contribution in [2.24, 2.45) is 0 Å². The van der Waals surface area contributed by atoms with Gasteiger partial charge < -0.3 is 0 Å². The van der Waals surface area contributed by atoms with Gasteiger partial charge in [0.25, 0.3) is 0 Å². The molecule has 1 unspecified atom stereocenters. The lowest BCUT2D eigenvalue weighted by Gasteiger charge is -2.42. The molecular formula is C27H26Si.